The molecule has 4 nitrogen and oxygen atoms in total. The predicted molar refractivity (Wildman–Crippen MR) is 129 cm³/mol. The lowest BCUT2D eigenvalue weighted by atomic mass is 9.97. The van der Waals surface area contributed by atoms with Gasteiger partial charge in [-0.3, -0.25) is 4.98 Å². The zero-order valence-corrected chi connectivity index (χ0v) is 19.5. The molecule has 160 valence electrons. The van der Waals surface area contributed by atoms with Gasteiger partial charge in [-0.25, -0.2) is 4.98 Å². The Morgan fingerprint density at radius 3 is 2.28 bits per heavy atom. The van der Waals surface area contributed by atoms with E-state index in [4.69, 9.17) is 0 Å². The Hall–Kier alpha value is -2.46. The van der Waals surface area contributed by atoms with Gasteiger partial charge in [0.15, 0.2) is 0 Å². The average molecular weight is 398 g/mol. The van der Waals surface area contributed by atoms with E-state index < -0.39 is 6.10 Å². The molecule has 0 aliphatic carbocycles. The first-order chi connectivity index (χ1) is 14.0. The lowest BCUT2D eigenvalue weighted by molar-refractivity contribution is 0.203. The average Bonchev–Trinajstić information content (AvgIpc) is 2.76. The molecular formula is C25H39N3O. The number of rotatable bonds is 7. The van der Waals surface area contributed by atoms with Crippen molar-refractivity contribution in [2.75, 3.05) is 12.4 Å². The highest BCUT2D eigenvalue weighted by atomic mass is 16.3. The molecule has 4 heteroatoms. The van der Waals surface area contributed by atoms with Gasteiger partial charge in [0, 0.05) is 30.2 Å². The third kappa shape index (κ3) is 7.82. The molecule has 0 saturated carbocycles. The number of pyridine rings is 2. The van der Waals surface area contributed by atoms with E-state index in [0.29, 0.717) is 0 Å². The van der Waals surface area contributed by atoms with Crippen LogP contribution in [0.1, 0.15) is 67.0 Å². The van der Waals surface area contributed by atoms with Crippen molar-refractivity contribution in [3.63, 3.8) is 0 Å². The summed E-state index contributed by atoms with van der Waals surface area (Å²) in [5.41, 5.74) is 3.69. The molecule has 2 aromatic heterocycles. The number of allylic oxidation sites excluding steroid dienone is 3. The summed E-state index contributed by atoms with van der Waals surface area (Å²) in [7, 11) is 1.85. The summed E-state index contributed by atoms with van der Waals surface area (Å²) >= 11 is 0. The van der Waals surface area contributed by atoms with Crippen molar-refractivity contribution < 1.29 is 5.11 Å². The Balaban J connectivity index is 0.00000184. The van der Waals surface area contributed by atoms with Crippen molar-refractivity contribution in [1.29, 1.82) is 0 Å². The highest BCUT2D eigenvalue weighted by molar-refractivity contribution is 5.87. The molecule has 1 unspecified atom stereocenters. The number of hydrogen-bond acceptors (Lipinski definition) is 4. The molecule has 2 aromatic rings. The van der Waals surface area contributed by atoms with Gasteiger partial charge in [0.25, 0.3) is 0 Å². The Labute approximate surface area is 177 Å². The molecule has 0 fully saturated rings. The summed E-state index contributed by atoms with van der Waals surface area (Å²) in [5.74, 6) is 0.825. The number of nitrogens with zero attached hydrogens (tertiary/aromatic N) is 2. The van der Waals surface area contributed by atoms with E-state index in [1.54, 1.807) is 0 Å². The Bertz CT molecular complexity index is 822. The number of hydrogen-bond donors (Lipinski definition) is 2. The molecule has 29 heavy (non-hydrogen) atoms. The van der Waals surface area contributed by atoms with Crippen LogP contribution in [0, 0.1) is 0 Å². The van der Waals surface area contributed by atoms with E-state index in [1.165, 1.54) is 0 Å². The SMILES string of the molecule is C=C(/C=C(C)\C(=C/C)c1cc2cnc(NC)cc2cn1)C(O)CCC.CC.CC. The van der Waals surface area contributed by atoms with E-state index in [9.17, 15) is 5.11 Å². The van der Waals surface area contributed by atoms with Crippen LogP contribution in [-0.4, -0.2) is 28.2 Å². The summed E-state index contributed by atoms with van der Waals surface area (Å²) in [4.78, 5) is 8.97. The number of anilines is 1. The van der Waals surface area contributed by atoms with Crippen molar-refractivity contribution in [2.45, 2.75) is 67.4 Å². The molecule has 1 atom stereocenters. The van der Waals surface area contributed by atoms with Crippen LogP contribution in [0.4, 0.5) is 5.82 Å². The molecule has 0 aliphatic heterocycles. The lowest BCUT2D eigenvalue weighted by Crippen LogP contribution is -2.07. The molecule has 0 bridgehead atoms. The van der Waals surface area contributed by atoms with Gasteiger partial charge >= 0.3 is 0 Å². The van der Waals surface area contributed by atoms with Gasteiger partial charge in [0.05, 0.1) is 11.8 Å². The molecule has 0 aromatic carbocycles. The number of aliphatic hydroxyl groups excluding tert-OH is 1. The van der Waals surface area contributed by atoms with Gasteiger partial charge in [-0.15, -0.1) is 0 Å². The number of aromatic nitrogens is 2. The minimum absolute atomic E-state index is 0.494. The van der Waals surface area contributed by atoms with E-state index >= 15 is 0 Å². The fourth-order valence-corrected chi connectivity index (χ4v) is 2.81. The third-order valence-corrected chi connectivity index (χ3v) is 4.24. The monoisotopic (exact) mass is 397 g/mol. The number of fused-ring (bicyclic) bond motifs is 1. The van der Waals surface area contributed by atoms with E-state index in [2.05, 4.69) is 28.8 Å². The van der Waals surface area contributed by atoms with Crippen LogP contribution in [-0.2, 0) is 0 Å². The number of nitrogens with one attached hydrogen (secondary N) is 1. The molecule has 0 spiro atoms. The first kappa shape index (κ1) is 26.5. The normalized spacial score (nSPS) is 12.3. The lowest BCUT2D eigenvalue weighted by Gasteiger charge is -2.13. The maximum Gasteiger partial charge on any atom is 0.126 e. The third-order valence-electron chi connectivity index (χ3n) is 4.24. The van der Waals surface area contributed by atoms with Gasteiger partial charge in [0.2, 0.25) is 0 Å². The smallest absolute Gasteiger partial charge is 0.126 e. The van der Waals surface area contributed by atoms with Crippen LogP contribution in [0.25, 0.3) is 16.3 Å². The molecule has 2 N–H and O–H groups in total. The molecule has 0 aliphatic rings. The second kappa shape index (κ2) is 14.5. The summed E-state index contributed by atoms with van der Waals surface area (Å²) in [6.45, 7) is 18.1. The summed E-state index contributed by atoms with van der Waals surface area (Å²) < 4.78 is 0. The molecule has 0 saturated heterocycles. The minimum Gasteiger partial charge on any atom is -0.388 e. The fraction of sp³-hybridized carbons (Fsp3) is 0.440. The van der Waals surface area contributed by atoms with Crippen LogP contribution in [0.5, 0.6) is 0 Å². The topological polar surface area (TPSA) is 58.0 Å². The van der Waals surface area contributed by atoms with E-state index in [-0.39, 0.29) is 0 Å². The first-order valence-corrected chi connectivity index (χ1v) is 10.7. The maximum atomic E-state index is 10.1. The van der Waals surface area contributed by atoms with Crippen molar-refractivity contribution in [2.24, 2.45) is 0 Å². The summed E-state index contributed by atoms with van der Waals surface area (Å²) in [6, 6.07) is 4.02. The molecule has 2 heterocycles. The summed E-state index contributed by atoms with van der Waals surface area (Å²) in [6.07, 6.45) is 8.86. The zero-order chi connectivity index (χ0) is 22.4. The Morgan fingerprint density at radius 2 is 1.72 bits per heavy atom. The van der Waals surface area contributed by atoms with Crippen molar-refractivity contribution in [1.82, 2.24) is 9.97 Å². The van der Waals surface area contributed by atoms with Crippen LogP contribution in [0.15, 0.2) is 54.4 Å². The van der Waals surface area contributed by atoms with Gasteiger partial charge in [0.1, 0.15) is 5.82 Å². The number of aliphatic hydroxyl groups is 1. The molecule has 0 radical (unpaired) electrons. The molecule has 2 rings (SSSR count). The highest BCUT2D eigenvalue weighted by Crippen LogP contribution is 2.26. The minimum atomic E-state index is -0.494. The second-order valence-corrected chi connectivity index (χ2v) is 6.15. The van der Waals surface area contributed by atoms with E-state index in [0.717, 1.165) is 51.8 Å². The Kier molecular flexibility index (Phi) is 13.3. The van der Waals surface area contributed by atoms with E-state index in [1.807, 2.05) is 85.3 Å². The maximum absolute atomic E-state index is 10.1. The van der Waals surface area contributed by atoms with Crippen LogP contribution in [0.3, 0.4) is 0 Å². The predicted octanol–water partition coefficient (Wildman–Crippen LogP) is 6.79. The van der Waals surface area contributed by atoms with Crippen molar-refractivity contribution in [3.05, 3.63) is 60.1 Å². The first-order valence-electron chi connectivity index (χ1n) is 10.7. The summed E-state index contributed by atoms with van der Waals surface area (Å²) in [5, 5.41) is 15.2. The van der Waals surface area contributed by atoms with Crippen molar-refractivity contribution in [3.8, 4) is 0 Å². The van der Waals surface area contributed by atoms with Crippen molar-refractivity contribution >= 4 is 22.2 Å². The fourth-order valence-electron chi connectivity index (χ4n) is 2.81. The van der Waals surface area contributed by atoms with Crippen LogP contribution >= 0.6 is 0 Å². The largest absolute Gasteiger partial charge is 0.388 e. The van der Waals surface area contributed by atoms with Crippen LogP contribution < -0.4 is 5.32 Å². The van der Waals surface area contributed by atoms with Gasteiger partial charge in [-0.1, -0.05) is 59.8 Å². The zero-order valence-electron chi connectivity index (χ0n) is 19.5. The molecule has 0 amide bonds. The Morgan fingerprint density at radius 1 is 1.14 bits per heavy atom. The molecular weight excluding hydrogens is 358 g/mol. The van der Waals surface area contributed by atoms with Gasteiger partial charge in [-0.05, 0) is 49.1 Å². The highest BCUT2D eigenvalue weighted by Gasteiger charge is 2.10. The van der Waals surface area contributed by atoms with Crippen LogP contribution in [0.2, 0.25) is 0 Å². The quantitative estimate of drug-likeness (QED) is 0.505. The van der Waals surface area contributed by atoms with Gasteiger partial charge in [-0.2, -0.15) is 0 Å². The van der Waals surface area contributed by atoms with Gasteiger partial charge < -0.3 is 10.4 Å². The standard InChI is InChI=1S/C21H27N3O.2C2H6/c1-6-8-20(25)15(4)9-14(3)18(7-2)19-10-16-13-24-21(22-5)11-17(16)12-23-19;2*1-2/h7,9-13,20,25H,4,6,8H2,1-3,5H3,(H,22,24);2*1-2H3/b14-9-,18-7+;;. The second-order valence-electron chi connectivity index (χ2n) is 6.15.